The van der Waals surface area contributed by atoms with Crippen LogP contribution in [0.1, 0.15) is 44.0 Å². The summed E-state index contributed by atoms with van der Waals surface area (Å²) in [5, 5.41) is 0. The van der Waals surface area contributed by atoms with Gasteiger partial charge in [-0.15, -0.1) is 0 Å². The topological polar surface area (TPSA) is 54.5 Å². The van der Waals surface area contributed by atoms with Crippen molar-refractivity contribution in [3.8, 4) is 0 Å². The number of benzene rings is 1. The molecule has 0 spiro atoms. The molecule has 1 saturated heterocycles. The fourth-order valence-corrected chi connectivity index (χ4v) is 5.09. The maximum atomic E-state index is 13.0. The van der Waals surface area contributed by atoms with Crippen LogP contribution in [0, 0.1) is 23.7 Å². The summed E-state index contributed by atoms with van der Waals surface area (Å²) in [5.41, 5.74) is 3.81. The Kier molecular flexibility index (Phi) is 3.27. The highest BCUT2D eigenvalue weighted by Gasteiger charge is 2.63. The normalized spacial score (nSPS) is 31.0. The first-order valence-corrected chi connectivity index (χ1v) is 8.58. The largest absolute Gasteiger partial charge is 0.295 e. The summed E-state index contributed by atoms with van der Waals surface area (Å²) in [4.78, 5) is 38.7. The van der Waals surface area contributed by atoms with Gasteiger partial charge in [0.25, 0.3) is 0 Å². The second kappa shape index (κ2) is 5.13. The fourth-order valence-electron chi connectivity index (χ4n) is 5.09. The molecular formula is C20H21NO3. The predicted molar refractivity (Wildman–Crippen MR) is 90.5 cm³/mol. The summed E-state index contributed by atoms with van der Waals surface area (Å²) >= 11 is 0. The Morgan fingerprint density at radius 1 is 0.917 bits per heavy atom. The molecule has 1 aliphatic heterocycles. The number of nitrogens with zero attached hydrogens (tertiary/aromatic N) is 1. The van der Waals surface area contributed by atoms with Crippen LogP contribution in [0.25, 0.3) is 0 Å². The molecule has 3 aliphatic rings. The van der Waals surface area contributed by atoms with Crippen molar-refractivity contribution < 1.29 is 14.4 Å². The Bertz CT molecular complexity index is 754. The lowest BCUT2D eigenvalue weighted by Crippen LogP contribution is -2.33. The number of fused-ring (bicyclic) bond motifs is 5. The molecule has 1 heterocycles. The number of carbonyl (C=O) groups excluding carboxylic acids is 3. The van der Waals surface area contributed by atoms with Crippen LogP contribution in [0.3, 0.4) is 0 Å². The molecular weight excluding hydrogens is 302 g/mol. The van der Waals surface area contributed by atoms with E-state index < -0.39 is 0 Å². The summed E-state index contributed by atoms with van der Waals surface area (Å²) in [6, 6.07) is 6.78. The van der Waals surface area contributed by atoms with E-state index in [2.05, 4.69) is 13.8 Å². The van der Waals surface area contributed by atoms with Crippen LogP contribution >= 0.6 is 0 Å². The summed E-state index contributed by atoms with van der Waals surface area (Å²) in [7, 11) is 0. The van der Waals surface area contributed by atoms with E-state index in [4.69, 9.17) is 0 Å². The van der Waals surface area contributed by atoms with Crippen molar-refractivity contribution in [2.24, 2.45) is 23.7 Å². The Hall–Kier alpha value is -2.23. The minimum atomic E-state index is -0.186. The molecule has 2 saturated carbocycles. The van der Waals surface area contributed by atoms with Crippen molar-refractivity contribution >= 4 is 23.3 Å². The van der Waals surface area contributed by atoms with E-state index in [1.54, 1.807) is 24.3 Å². The maximum Gasteiger partial charge on any atom is 0.238 e. The minimum Gasteiger partial charge on any atom is -0.295 e. The zero-order valence-electron chi connectivity index (χ0n) is 14.2. The molecule has 2 bridgehead atoms. The lowest BCUT2D eigenvalue weighted by atomic mass is 9.81. The number of carbonyl (C=O) groups is 3. The molecule has 4 rings (SSSR count). The number of hydrogen-bond donors (Lipinski definition) is 0. The van der Waals surface area contributed by atoms with Gasteiger partial charge in [0.15, 0.2) is 5.78 Å². The number of amides is 2. The summed E-state index contributed by atoms with van der Waals surface area (Å²) < 4.78 is 0. The molecule has 4 heteroatoms. The van der Waals surface area contributed by atoms with Crippen LogP contribution in [0.15, 0.2) is 35.4 Å². The molecule has 2 amide bonds. The average Bonchev–Trinajstić information content (AvgIpc) is 3.18. The summed E-state index contributed by atoms with van der Waals surface area (Å²) in [5.74, 6) is -0.0464. The Labute approximate surface area is 141 Å². The van der Waals surface area contributed by atoms with Crippen molar-refractivity contribution in [2.45, 2.75) is 33.6 Å². The van der Waals surface area contributed by atoms with Crippen LogP contribution < -0.4 is 4.90 Å². The molecule has 0 N–H and O–H groups in total. The van der Waals surface area contributed by atoms with Crippen molar-refractivity contribution in [3.63, 3.8) is 0 Å². The second-order valence-electron chi connectivity index (χ2n) is 7.41. The average molecular weight is 323 g/mol. The number of allylic oxidation sites excluding steroid dienone is 2. The molecule has 24 heavy (non-hydrogen) atoms. The van der Waals surface area contributed by atoms with Crippen molar-refractivity contribution in [1.29, 1.82) is 0 Å². The third-order valence-corrected chi connectivity index (χ3v) is 5.96. The van der Waals surface area contributed by atoms with E-state index in [1.807, 2.05) is 0 Å². The van der Waals surface area contributed by atoms with Gasteiger partial charge in [-0.2, -0.15) is 0 Å². The first-order valence-electron chi connectivity index (χ1n) is 8.58. The highest BCUT2D eigenvalue weighted by Crippen LogP contribution is 2.60. The molecule has 1 aromatic carbocycles. The molecule has 4 nitrogen and oxygen atoms in total. The molecule has 2 aliphatic carbocycles. The standard InChI is InChI=1S/C20H21NO3/c1-10(2)16-14-8-9-15(16)18-17(14)19(23)21(20(18)24)13-6-4-12(5-7-13)11(3)22/h4-7,14-15,17-18H,8-9H2,1-3H3. The molecule has 0 radical (unpaired) electrons. The van der Waals surface area contributed by atoms with Crippen LogP contribution in [-0.4, -0.2) is 17.6 Å². The molecule has 3 fully saturated rings. The second-order valence-corrected chi connectivity index (χ2v) is 7.41. The minimum absolute atomic E-state index is 0.0243. The lowest BCUT2D eigenvalue weighted by Gasteiger charge is -2.19. The van der Waals surface area contributed by atoms with Gasteiger partial charge in [0.05, 0.1) is 17.5 Å². The van der Waals surface area contributed by atoms with Crippen LogP contribution in [0.4, 0.5) is 5.69 Å². The van der Waals surface area contributed by atoms with E-state index in [9.17, 15) is 14.4 Å². The monoisotopic (exact) mass is 323 g/mol. The van der Waals surface area contributed by atoms with E-state index >= 15 is 0 Å². The van der Waals surface area contributed by atoms with Gasteiger partial charge in [-0.05, 0) is 69.7 Å². The van der Waals surface area contributed by atoms with Gasteiger partial charge >= 0.3 is 0 Å². The maximum absolute atomic E-state index is 13.0. The Balaban J connectivity index is 1.70. The lowest BCUT2D eigenvalue weighted by molar-refractivity contribution is -0.123. The van der Waals surface area contributed by atoms with Gasteiger partial charge in [0.1, 0.15) is 0 Å². The highest BCUT2D eigenvalue weighted by atomic mass is 16.2. The van der Waals surface area contributed by atoms with E-state index in [-0.39, 0.29) is 41.3 Å². The van der Waals surface area contributed by atoms with Gasteiger partial charge in [0, 0.05) is 5.56 Å². The first kappa shape index (κ1) is 15.3. The van der Waals surface area contributed by atoms with Crippen molar-refractivity contribution in [3.05, 3.63) is 41.0 Å². The Morgan fingerprint density at radius 3 is 1.83 bits per heavy atom. The number of ketones is 1. The number of rotatable bonds is 2. The third-order valence-electron chi connectivity index (χ3n) is 5.96. The Morgan fingerprint density at radius 2 is 1.42 bits per heavy atom. The van der Waals surface area contributed by atoms with E-state index in [0.29, 0.717) is 11.3 Å². The van der Waals surface area contributed by atoms with Crippen molar-refractivity contribution in [1.82, 2.24) is 0 Å². The number of anilines is 1. The predicted octanol–water partition coefficient (Wildman–Crippen LogP) is 3.37. The van der Waals surface area contributed by atoms with Crippen LogP contribution in [-0.2, 0) is 9.59 Å². The summed E-state index contributed by atoms with van der Waals surface area (Å²) in [6.07, 6.45) is 2.03. The zero-order chi connectivity index (χ0) is 17.2. The van der Waals surface area contributed by atoms with Gasteiger partial charge in [-0.1, -0.05) is 11.1 Å². The number of hydrogen-bond acceptors (Lipinski definition) is 3. The highest BCUT2D eigenvalue weighted by molar-refractivity contribution is 6.23. The molecule has 1 aromatic rings. The first-order chi connectivity index (χ1) is 11.4. The zero-order valence-corrected chi connectivity index (χ0v) is 14.2. The molecule has 124 valence electrons. The van der Waals surface area contributed by atoms with Crippen LogP contribution in [0.5, 0.6) is 0 Å². The SMILES string of the molecule is CC(=O)c1ccc(N2C(=O)C3C4CCC(C4=C(C)C)C3C2=O)cc1. The molecule has 0 aromatic heterocycles. The van der Waals surface area contributed by atoms with Gasteiger partial charge in [0.2, 0.25) is 11.8 Å². The fraction of sp³-hybridized carbons (Fsp3) is 0.450. The smallest absolute Gasteiger partial charge is 0.238 e. The van der Waals surface area contributed by atoms with Gasteiger partial charge < -0.3 is 0 Å². The van der Waals surface area contributed by atoms with Gasteiger partial charge in [-0.3, -0.25) is 19.3 Å². The molecule has 4 atom stereocenters. The number of imide groups is 1. The molecule has 4 unspecified atom stereocenters. The summed E-state index contributed by atoms with van der Waals surface area (Å²) in [6.45, 7) is 5.69. The number of Topliss-reactive ketones (excluding diaryl/α,β-unsaturated/α-hetero) is 1. The third kappa shape index (κ3) is 1.89. The van der Waals surface area contributed by atoms with E-state index in [0.717, 1.165) is 12.8 Å². The van der Waals surface area contributed by atoms with Crippen molar-refractivity contribution in [2.75, 3.05) is 4.90 Å². The quantitative estimate of drug-likeness (QED) is 0.476. The van der Waals surface area contributed by atoms with E-state index in [1.165, 1.54) is 23.0 Å². The van der Waals surface area contributed by atoms with Crippen LogP contribution in [0.2, 0.25) is 0 Å². The van der Waals surface area contributed by atoms with Gasteiger partial charge in [-0.25, -0.2) is 0 Å².